The lowest BCUT2D eigenvalue weighted by Crippen LogP contribution is -2.41. The summed E-state index contributed by atoms with van der Waals surface area (Å²) >= 11 is 2.01. The molecule has 0 aromatic carbocycles. The second-order valence-electron chi connectivity index (χ2n) is 3.44. The van der Waals surface area contributed by atoms with Crippen LogP contribution in [-0.2, 0) is 9.53 Å². The van der Waals surface area contributed by atoms with Crippen molar-refractivity contribution >= 4 is 17.7 Å². The summed E-state index contributed by atoms with van der Waals surface area (Å²) in [6.07, 6.45) is 1.18. The van der Waals surface area contributed by atoms with E-state index in [0.29, 0.717) is 18.4 Å². The summed E-state index contributed by atoms with van der Waals surface area (Å²) in [6, 6.07) is 0. The molecule has 0 spiro atoms. The molecule has 0 bridgehead atoms. The molecule has 1 rings (SSSR count). The smallest absolute Gasteiger partial charge is 0.320 e. The van der Waals surface area contributed by atoms with Crippen LogP contribution < -0.4 is 0 Å². The molecule has 1 fully saturated rings. The minimum Gasteiger partial charge on any atom is -0.465 e. The van der Waals surface area contributed by atoms with Crippen molar-refractivity contribution in [3.8, 4) is 0 Å². The summed E-state index contributed by atoms with van der Waals surface area (Å²) in [6.45, 7) is 7.04. The Bertz CT molecular complexity index is 187. The zero-order chi connectivity index (χ0) is 10.4. The maximum atomic E-state index is 11.2. The van der Waals surface area contributed by atoms with E-state index in [-0.39, 0.29) is 5.97 Å². The molecular weight excluding hydrogens is 198 g/mol. The molecular formula is C10H19NO2S. The first kappa shape index (κ1) is 11.9. The first-order chi connectivity index (χ1) is 6.76. The van der Waals surface area contributed by atoms with Gasteiger partial charge in [0.25, 0.3) is 0 Å². The van der Waals surface area contributed by atoms with Crippen molar-refractivity contribution in [2.75, 3.05) is 32.0 Å². The molecule has 1 aliphatic rings. The Morgan fingerprint density at radius 2 is 2.36 bits per heavy atom. The average Bonchev–Trinajstić information content (AvgIpc) is 2.18. The lowest BCUT2D eigenvalue weighted by atomic mass is 10.3. The van der Waals surface area contributed by atoms with Gasteiger partial charge in [0, 0.05) is 24.1 Å². The second kappa shape index (κ2) is 6.30. The largest absolute Gasteiger partial charge is 0.465 e. The molecule has 0 aromatic rings. The molecule has 0 aromatic heterocycles. The highest BCUT2D eigenvalue weighted by Gasteiger charge is 2.20. The van der Waals surface area contributed by atoms with Gasteiger partial charge in [-0.3, -0.25) is 9.69 Å². The zero-order valence-electron chi connectivity index (χ0n) is 8.99. The van der Waals surface area contributed by atoms with E-state index in [2.05, 4.69) is 11.8 Å². The monoisotopic (exact) mass is 217 g/mol. The third-order valence-electron chi connectivity index (χ3n) is 2.34. The third-order valence-corrected chi connectivity index (χ3v) is 3.71. The summed E-state index contributed by atoms with van der Waals surface area (Å²) in [5.74, 6) is 1.05. The molecule has 1 atom stereocenters. The maximum Gasteiger partial charge on any atom is 0.320 e. The van der Waals surface area contributed by atoms with Crippen LogP contribution in [-0.4, -0.2) is 48.1 Å². The Kier molecular flexibility index (Phi) is 5.33. The topological polar surface area (TPSA) is 29.5 Å². The molecule has 0 saturated carbocycles. The van der Waals surface area contributed by atoms with Crippen LogP contribution in [0.3, 0.4) is 0 Å². The molecule has 82 valence electrons. The minimum absolute atomic E-state index is 0.0887. The molecule has 0 amide bonds. The summed E-state index contributed by atoms with van der Waals surface area (Å²) < 4.78 is 4.93. The van der Waals surface area contributed by atoms with Crippen LogP contribution in [0.5, 0.6) is 0 Å². The van der Waals surface area contributed by atoms with E-state index in [1.54, 1.807) is 0 Å². The molecule has 0 radical (unpaired) electrons. The predicted molar refractivity (Wildman–Crippen MR) is 59.6 cm³/mol. The van der Waals surface area contributed by atoms with E-state index in [1.165, 1.54) is 6.42 Å². The van der Waals surface area contributed by atoms with Gasteiger partial charge in [-0.25, -0.2) is 0 Å². The molecule has 1 heterocycles. The van der Waals surface area contributed by atoms with Gasteiger partial charge >= 0.3 is 5.97 Å². The van der Waals surface area contributed by atoms with Gasteiger partial charge in [-0.05, 0) is 13.3 Å². The standard InChI is InChI=1S/C10H19NO2S/c1-3-9-7-11(5-6-14-9)8-10(12)13-4-2/h9H,3-8H2,1-2H3. The number of carbonyl (C=O) groups excluding carboxylic acids is 1. The van der Waals surface area contributed by atoms with Gasteiger partial charge in [0.05, 0.1) is 13.2 Å². The number of thioether (sulfide) groups is 1. The molecule has 0 aliphatic carbocycles. The minimum atomic E-state index is -0.0887. The average molecular weight is 217 g/mol. The summed E-state index contributed by atoms with van der Waals surface area (Å²) in [7, 11) is 0. The van der Waals surface area contributed by atoms with E-state index in [4.69, 9.17) is 4.74 Å². The number of esters is 1. The van der Waals surface area contributed by atoms with Crippen LogP contribution in [0.25, 0.3) is 0 Å². The van der Waals surface area contributed by atoms with Crippen LogP contribution in [0, 0.1) is 0 Å². The number of ether oxygens (including phenoxy) is 1. The Hall–Kier alpha value is -0.220. The quantitative estimate of drug-likeness (QED) is 0.665. The van der Waals surface area contributed by atoms with Crippen LogP contribution in [0.1, 0.15) is 20.3 Å². The Morgan fingerprint density at radius 1 is 1.57 bits per heavy atom. The Morgan fingerprint density at radius 3 is 3.00 bits per heavy atom. The lowest BCUT2D eigenvalue weighted by molar-refractivity contribution is -0.144. The Labute approximate surface area is 90.2 Å². The molecule has 4 heteroatoms. The van der Waals surface area contributed by atoms with Crippen LogP contribution in [0.15, 0.2) is 0 Å². The predicted octanol–water partition coefficient (Wildman–Crippen LogP) is 1.38. The van der Waals surface area contributed by atoms with Crippen molar-refractivity contribution < 1.29 is 9.53 Å². The fourth-order valence-electron chi connectivity index (χ4n) is 1.56. The molecule has 1 saturated heterocycles. The van der Waals surface area contributed by atoms with Gasteiger partial charge in [-0.2, -0.15) is 11.8 Å². The van der Waals surface area contributed by atoms with E-state index in [1.807, 2.05) is 18.7 Å². The molecule has 3 nitrogen and oxygen atoms in total. The SMILES string of the molecule is CCOC(=O)CN1CCSC(CC)C1. The molecule has 1 aliphatic heterocycles. The van der Waals surface area contributed by atoms with Crippen molar-refractivity contribution in [2.24, 2.45) is 0 Å². The fourth-order valence-corrected chi connectivity index (χ4v) is 2.81. The van der Waals surface area contributed by atoms with Crippen LogP contribution >= 0.6 is 11.8 Å². The van der Waals surface area contributed by atoms with Gasteiger partial charge in [0.2, 0.25) is 0 Å². The number of hydrogen-bond donors (Lipinski definition) is 0. The number of rotatable bonds is 4. The first-order valence-electron chi connectivity index (χ1n) is 5.25. The lowest BCUT2D eigenvalue weighted by Gasteiger charge is -2.30. The number of carbonyl (C=O) groups is 1. The Balaban J connectivity index is 2.26. The van der Waals surface area contributed by atoms with Gasteiger partial charge in [-0.1, -0.05) is 6.92 Å². The molecule has 1 unspecified atom stereocenters. The maximum absolute atomic E-state index is 11.2. The van der Waals surface area contributed by atoms with Crippen LogP contribution in [0.2, 0.25) is 0 Å². The molecule has 14 heavy (non-hydrogen) atoms. The fraction of sp³-hybridized carbons (Fsp3) is 0.900. The molecule has 0 N–H and O–H groups in total. The van der Waals surface area contributed by atoms with Crippen molar-refractivity contribution in [1.29, 1.82) is 0 Å². The van der Waals surface area contributed by atoms with Crippen LogP contribution in [0.4, 0.5) is 0 Å². The second-order valence-corrected chi connectivity index (χ2v) is 4.85. The van der Waals surface area contributed by atoms with E-state index >= 15 is 0 Å². The van der Waals surface area contributed by atoms with Crippen molar-refractivity contribution in [2.45, 2.75) is 25.5 Å². The number of hydrogen-bond acceptors (Lipinski definition) is 4. The van der Waals surface area contributed by atoms with E-state index in [9.17, 15) is 4.79 Å². The third kappa shape index (κ3) is 3.88. The van der Waals surface area contributed by atoms with Crippen molar-refractivity contribution in [3.05, 3.63) is 0 Å². The first-order valence-corrected chi connectivity index (χ1v) is 6.30. The van der Waals surface area contributed by atoms with Crippen molar-refractivity contribution in [3.63, 3.8) is 0 Å². The van der Waals surface area contributed by atoms with Gasteiger partial charge in [0.15, 0.2) is 0 Å². The van der Waals surface area contributed by atoms with Gasteiger partial charge in [-0.15, -0.1) is 0 Å². The van der Waals surface area contributed by atoms with Gasteiger partial charge < -0.3 is 4.74 Å². The highest BCUT2D eigenvalue weighted by Crippen LogP contribution is 2.20. The number of nitrogens with zero attached hydrogens (tertiary/aromatic N) is 1. The zero-order valence-corrected chi connectivity index (χ0v) is 9.81. The highest BCUT2D eigenvalue weighted by molar-refractivity contribution is 8.00. The van der Waals surface area contributed by atoms with E-state index < -0.39 is 0 Å². The summed E-state index contributed by atoms with van der Waals surface area (Å²) in [4.78, 5) is 13.4. The van der Waals surface area contributed by atoms with E-state index in [0.717, 1.165) is 18.8 Å². The van der Waals surface area contributed by atoms with Gasteiger partial charge in [0.1, 0.15) is 0 Å². The summed E-state index contributed by atoms with van der Waals surface area (Å²) in [5.41, 5.74) is 0. The normalized spacial score (nSPS) is 23.4. The van der Waals surface area contributed by atoms with Crippen molar-refractivity contribution in [1.82, 2.24) is 4.90 Å². The summed E-state index contributed by atoms with van der Waals surface area (Å²) in [5, 5.41) is 0.693. The highest BCUT2D eigenvalue weighted by atomic mass is 32.2.